The van der Waals surface area contributed by atoms with Gasteiger partial charge in [-0.25, -0.2) is 0 Å². The highest BCUT2D eigenvalue weighted by atomic mass is 16.5. The van der Waals surface area contributed by atoms with Gasteiger partial charge in [-0.2, -0.15) is 0 Å². The maximum absolute atomic E-state index is 6.01. The number of para-hydroxylation sites is 3. The molecule has 0 aliphatic carbocycles. The van der Waals surface area contributed by atoms with Gasteiger partial charge in [-0.15, -0.1) is 0 Å². The van der Waals surface area contributed by atoms with Gasteiger partial charge in [0.2, 0.25) is 6.33 Å². The molecule has 0 saturated carbocycles. The molecule has 0 saturated heterocycles. The summed E-state index contributed by atoms with van der Waals surface area (Å²) in [7, 11) is 0. The van der Waals surface area contributed by atoms with Crippen LogP contribution in [0.15, 0.2) is 42.5 Å². The number of nitrogens with zero attached hydrogens (tertiary/aromatic N) is 2. The molecule has 0 spiro atoms. The summed E-state index contributed by atoms with van der Waals surface area (Å²) in [5, 5.41) is 0. The third-order valence-electron chi connectivity index (χ3n) is 3.77. The summed E-state index contributed by atoms with van der Waals surface area (Å²) in [5.41, 5.74) is 3.36. The summed E-state index contributed by atoms with van der Waals surface area (Å²) in [6, 6.07) is 14.3. The molecule has 1 aliphatic rings. The van der Waals surface area contributed by atoms with E-state index in [-0.39, 0.29) is 0 Å². The van der Waals surface area contributed by atoms with Crippen LogP contribution in [-0.2, 0) is 6.54 Å². The number of hydrogen-bond acceptors (Lipinski definition) is 1. The first-order chi connectivity index (χ1) is 9.88. The van der Waals surface area contributed by atoms with Crippen LogP contribution >= 0.6 is 0 Å². The van der Waals surface area contributed by atoms with Crippen LogP contribution in [0.1, 0.15) is 19.8 Å². The Balaban J connectivity index is 1.99. The van der Waals surface area contributed by atoms with Gasteiger partial charge in [0, 0.05) is 0 Å². The van der Waals surface area contributed by atoms with E-state index in [0.717, 1.165) is 35.7 Å². The van der Waals surface area contributed by atoms with Gasteiger partial charge in [-0.05, 0) is 18.6 Å². The molecule has 100 valence electrons. The molecule has 3 aromatic rings. The lowest BCUT2D eigenvalue weighted by Gasteiger charge is -2.20. The van der Waals surface area contributed by atoms with Crippen LogP contribution in [0.5, 0.6) is 11.5 Å². The molecule has 0 amide bonds. The van der Waals surface area contributed by atoms with E-state index < -0.39 is 0 Å². The zero-order chi connectivity index (χ0) is 13.5. The predicted molar refractivity (Wildman–Crippen MR) is 77.3 cm³/mol. The lowest BCUT2D eigenvalue weighted by Crippen LogP contribution is -2.32. The minimum Gasteiger partial charge on any atom is -0.469 e. The van der Waals surface area contributed by atoms with Crippen LogP contribution in [0.25, 0.3) is 16.7 Å². The van der Waals surface area contributed by atoms with E-state index >= 15 is 0 Å². The zero-order valence-electron chi connectivity index (χ0n) is 11.5. The number of imidazole rings is 1. The fourth-order valence-corrected chi connectivity index (χ4v) is 2.77. The minimum absolute atomic E-state index is 0.891. The number of fused-ring (bicyclic) bond motifs is 2. The molecule has 0 bridgehead atoms. The van der Waals surface area contributed by atoms with Gasteiger partial charge < -0.3 is 13.9 Å². The minimum atomic E-state index is 0.891. The molecule has 0 atom stereocenters. The third kappa shape index (κ3) is 1.56. The number of aryl methyl sites for hydroxylation is 1. The fourth-order valence-electron chi connectivity index (χ4n) is 2.77. The molecule has 20 heavy (non-hydrogen) atoms. The Hall–Kier alpha value is -2.29. The maximum atomic E-state index is 6.01. The van der Waals surface area contributed by atoms with Crippen LogP contribution in [0.2, 0.25) is 0 Å². The van der Waals surface area contributed by atoms with Gasteiger partial charge >= 0.3 is 0 Å². The van der Waals surface area contributed by atoms with Gasteiger partial charge in [-0.1, -0.05) is 43.7 Å². The Kier molecular flexibility index (Phi) is 2.52. The van der Waals surface area contributed by atoms with Gasteiger partial charge in [0.1, 0.15) is 11.5 Å². The summed E-state index contributed by atoms with van der Waals surface area (Å²) in [6.07, 6.45) is 5.82. The molecule has 3 heteroatoms. The summed E-state index contributed by atoms with van der Waals surface area (Å²) in [6.45, 7) is 3.20. The van der Waals surface area contributed by atoms with Crippen molar-refractivity contribution in [1.29, 1.82) is 0 Å². The quantitative estimate of drug-likeness (QED) is 0.408. The van der Waals surface area contributed by atoms with Crippen molar-refractivity contribution in [2.45, 2.75) is 26.3 Å². The molecular weight excluding hydrogens is 248 g/mol. The Morgan fingerprint density at radius 2 is 1.95 bits per heavy atom. The van der Waals surface area contributed by atoms with E-state index in [1.54, 1.807) is 0 Å². The van der Waals surface area contributed by atoms with Crippen molar-refractivity contribution in [3.63, 3.8) is 0 Å². The van der Waals surface area contributed by atoms with Gasteiger partial charge in [0.15, 0.2) is 0 Å². The Labute approximate surface area is 118 Å². The maximum Gasteiger partial charge on any atom is 0.244 e. The Morgan fingerprint density at radius 3 is 2.85 bits per heavy atom. The normalized spacial score (nSPS) is 12.2. The van der Waals surface area contributed by atoms with E-state index in [1.165, 1.54) is 11.9 Å². The third-order valence-corrected chi connectivity index (χ3v) is 3.77. The second-order valence-electron chi connectivity index (χ2n) is 5.13. The highest BCUT2D eigenvalue weighted by molar-refractivity contribution is 5.81. The fraction of sp³-hybridized carbons (Fsp3) is 0.235. The van der Waals surface area contributed by atoms with Crippen molar-refractivity contribution in [2.75, 3.05) is 0 Å². The molecule has 0 radical (unpaired) electrons. The average molecular weight is 264 g/mol. The summed E-state index contributed by atoms with van der Waals surface area (Å²) in [5.74, 6) is 1.80. The van der Waals surface area contributed by atoms with E-state index in [4.69, 9.17) is 4.74 Å². The van der Waals surface area contributed by atoms with E-state index in [0.29, 0.717) is 0 Å². The SMILES string of the molecule is CCCCn1[c-][n+]2c3c(cccc31)Oc1ccccc1-2. The zero-order valence-corrected chi connectivity index (χ0v) is 11.5. The molecule has 2 heterocycles. The van der Waals surface area contributed by atoms with Crippen molar-refractivity contribution >= 4 is 11.0 Å². The Morgan fingerprint density at radius 1 is 1.10 bits per heavy atom. The summed E-state index contributed by atoms with van der Waals surface area (Å²) >= 11 is 0. The molecule has 1 aliphatic heterocycles. The molecular formula is C17H16N2O. The Bertz CT molecular complexity index is 789. The standard InChI is InChI=1S/C17H16N2O/c1-2-3-11-18-12-19-13-7-4-5-9-15(13)20-16-10-6-8-14(18)17(16)19/h4-10H,2-3,11H2,1H3. The second kappa shape index (κ2) is 4.37. The van der Waals surface area contributed by atoms with Crippen molar-refractivity contribution < 1.29 is 9.30 Å². The van der Waals surface area contributed by atoms with Crippen molar-refractivity contribution in [3.05, 3.63) is 48.8 Å². The highest BCUT2D eigenvalue weighted by Gasteiger charge is 2.20. The number of rotatable bonds is 3. The van der Waals surface area contributed by atoms with E-state index in [1.807, 2.05) is 30.3 Å². The summed E-state index contributed by atoms with van der Waals surface area (Å²) < 4.78 is 10.3. The molecule has 2 aromatic carbocycles. The van der Waals surface area contributed by atoms with Crippen LogP contribution in [0.4, 0.5) is 0 Å². The largest absolute Gasteiger partial charge is 0.469 e. The molecule has 1 aromatic heterocycles. The number of benzene rings is 2. The number of aromatic nitrogens is 2. The molecule has 0 unspecified atom stereocenters. The number of hydrogen-bond donors (Lipinski definition) is 0. The predicted octanol–water partition coefficient (Wildman–Crippen LogP) is 3.62. The van der Waals surface area contributed by atoms with Gasteiger partial charge in [0.25, 0.3) is 0 Å². The van der Waals surface area contributed by atoms with E-state index in [9.17, 15) is 0 Å². The van der Waals surface area contributed by atoms with Crippen LogP contribution < -0.4 is 9.30 Å². The molecule has 3 nitrogen and oxygen atoms in total. The topological polar surface area (TPSA) is 18.0 Å². The first kappa shape index (κ1) is 11.5. The lowest BCUT2D eigenvalue weighted by atomic mass is 10.2. The molecule has 4 rings (SSSR count). The monoisotopic (exact) mass is 264 g/mol. The smallest absolute Gasteiger partial charge is 0.244 e. The van der Waals surface area contributed by atoms with Crippen LogP contribution in [0, 0.1) is 6.33 Å². The van der Waals surface area contributed by atoms with Crippen molar-refractivity contribution in [3.8, 4) is 17.2 Å². The number of unbranched alkanes of at least 4 members (excludes halogenated alkanes) is 1. The van der Waals surface area contributed by atoms with Gasteiger partial charge in [0.05, 0.1) is 23.3 Å². The molecule has 0 N–H and O–H groups in total. The first-order valence-corrected chi connectivity index (χ1v) is 7.12. The van der Waals surface area contributed by atoms with Gasteiger partial charge in [-0.3, -0.25) is 0 Å². The number of ether oxygens (including phenoxy) is 1. The average Bonchev–Trinajstić information content (AvgIpc) is 2.86. The second-order valence-corrected chi connectivity index (χ2v) is 5.13. The van der Waals surface area contributed by atoms with E-state index in [2.05, 4.69) is 34.5 Å². The first-order valence-electron chi connectivity index (χ1n) is 7.12. The highest BCUT2D eigenvalue weighted by Crippen LogP contribution is 2.35. The van der Waals surface area contributed by atoms with Crippen LogP contribution in [-0.4, -0.2) is 4.57 Å². The summed E-state index contributed by atoms with van der Waals surface area (Å²) in [4.78, 5) is 0. The van der Waals surface area contributed by atoms with Crippen molar-refractivity contribution in [1.82, 2.24) is 4.57 Å². The lowest BCUT2D eigenvalue weighted by molar-refractivity contribution is -0.575. The van der Waals surface area contributed by atoms with Crippen LogP contribution in [0.3, 0.4) is 0 Å². The van der Waals surface area contributed by atoms with Crippen molar-refractivity contribution in [2.24, 2.45) is 0 Å². The molecule has 0 fully saturated rings.